The first kappa shape index (κ1) is 22.6. The second-order valence-electron chi connectivity index (χ2n) is 11.4. The predicted molar refractivity (Wildman–Crippen MR) is 174 cm³/mol. The van der Waals surface area contributed by atoms with Gasteiger partial charge in [-0.05, 0) is 63.1 Å². The van der Waals surface area contributed by atoms with Crippen LogP contribution in [0, 0.1) is 11.3 Å². The number of hydrogen-bond donors (Lipinski definition) is 0. The molecule has 6 rings (SSSR count). The number of benzene rings is 2. The Balaban J connectivity index is 1.35. The van der Waals surface area contributed by atoms with Gasteiger partial charge in [-0.2, -0.15) is 15.2 Å². The molecule has 3 aromatic rings. The second-order valence-corrected chi connectivity index (χ2v) is 11.8. The Morgan fingerprint density at radius 1 is 1.20 bits per heavy atom. The van der Waals surface area contributed by atoms with Crippen molar-refractivity contribution < 1.29 is 19.1 Å². The average Bonchev–Trinajstić information content (AvgIpc) is 3.57. The lowest BCUT2D eigenvalue weighted by atomic mass is 10.0. The smallest absolute Gasteiger partial charge is 0.318 e. The van der Waals surface area contributed by atoms with Crippen LogP contribution in [0.1, 0.15) is 53.8 Å². The van der Waals surface area contributed by atoms with Crippen LogP contribution in [-0.2, 0) is 17.8 Å². The Morgan fingerprint density at radius 2 is 2.05 bits per heavy atom. The number of nitriles is 1. The predicted octanol–water partition coefficient (Wildman–Crippen LogP) is 5.21. The van der Waals surface area contributed by atoms with Gasteiger partial charge in [0.1, 0.15) is 12.4 Å². The molecule has 0 spiro atoms. The Bertz CT molecular complexity index is 1830. The molecule has 0 unspecified atom stereocenters. The molecule has 3 aliphatic rings. The first-order valence-electron chi connectivity index (χ1n) is 18.4. The highest BCUT2D eigenvalue weighted by Crippen LogP contribution is 2.37. The highest BCUT2D eigenvalue weighted by Gasteiger charge is 2.34. The van der Waals surface area contributed by atoms with Crippen LogP contribution in [0.4, 0.5) is 11.5 Å². The van der Waals surface area contributed by atoms with Crippen molar-refractivity contribution in [2.24, 2.45) is 0 Å². The Morgan fingerprint density at radius 3 is 2.84 bits per heavy atom. The van der Waals surface area contributed by atoms with E-state index in [9.17, 15) is 10.1 Å². The summed E-state index contributed by atoms with van der Waals surface area (Å²) in [5.41, 5.74) is 2.59. The van der Waals surface area contributed by atoms with E-state index in [0.29, 0.717) is 62.8 Å². The summed E-state index contributed by atoms with van der Waals surface area (Å²) in [7, 11) is 0. The molecule has 2 aromatic carbocycles. The normalized spacial score (nSPS) is 23.7. The lowest BCUT2D eigenvalue weighted by Crippen LogP contribution is -2.55. The van der Waals surface area contributed by atoms with Crippen molar-refractivity contribution >= 4 is 39.8 Å². The van der Waals surface area contributed by atoms with Gasteiger partial charge in [-0.25, -0.2) is 0 Å². The summed E-state index contributed by atoms with van der Waals surface area (Å²) in [6.07, 6.45) is 2.92. The highest BCUT2D eigenvalue weighted by molar-refractivity contribution is 6.36. The van der Waals surface area contributed by atoms with E-state index in [1.54, 1.807) is 4.90 Å². The van der Waals surface area contributed by atoms with Crippen molar-refractivity contribution in [3.05, 3.63) is 65.3 Å². The maximum absolute atomic E-state index is 12.6. The van der Waals surface area contributed by atoms with Crippen molar-refractivity contribution in [3.8, 4) is 12.1 Å². The van der Waals surface area contributed by atoms with Gasteiger partial charge >= 0.3 is 6.01 Å². The van der Waals surface area contributed by atoms with Gasteiger partial charge in [-0.1, -0.05) is 42.4 Å². The molecule has 3 aliphatic heterocycles. The van der Waals surface area contributed by atoms with Crippen LogP contribution in [0.2, 0.25) is 5.02 Å². The number of rotatable bonds is 8. The summed E-state index contributed by atoms with van der Waals surface area (Å²) in [5.74, 6) is 0.385. The molecule has 0 saturated carbocycles. The zero-order chi connectivity index (χ0) is 36.7. The summed E-state index contributed by atoms with van der Waals surface area (Å²) < 4.78 is 63.0. The molecule has 0 aliphatic carbocycles. The lowest BCUT2D eigenvalue weighted by molar-refractivity contribution is -0.128. The van der Waals surface area contributed by atoms with Gasteiger partial charge < -0.3 is 19.4 Å². The van der Waals surface area contributed by atoms with Gasteiger partial charge in [0.25, 0.3) is 0 Å². The molecule has 0 bridgehead atoms. The third-order valence-corrected chi connectivity index (χ3v) is 9.15. The maximum atomic E-state index is 12.6. The van der Waals surface area contributed by atoms with Gasteiger partial charge in [0, 0.05) is 64.5 Å². The van der Waals surface area contributed by atoms with Gasteiger partial charge in [0.15, 0.2) is 0 Å². The van der Waals surface area contributed by atoms with Crippen LogP contribution in [0.5, 0.6) is 6.01 Å². The minimum Gasteiger partial charge on any atom is -0.462 e. The van der Waals surface area contributed by atoms with Gasteiger partial charge in [0.05, 0.1) is 35.8 Å². The molecule has 0 N–H and O–H groups in total. The van der Waals surface area contributed by atoms with Crippen LogP contribution < -0.4 is 14.5 Å². The zero-order valence-electron chi connectivity index (χ0n) is 31.5. The fourth-order valence-electron chi connectivity index (χ4n) is 6.67. The van der Waals surface area contributed by atoms with E-state index in [1.807, 2.05) is 41.3 Å². The molecule has 1 aromatic heterocycles. The van der Waals surface area contributed by atoms with Crippen molar-refractivity contribution in [3.63, 3.8) is 0 Å². The van der Waals surface area contributed by atoms with Crippen molar-refractivity contribution in [2.75, 3.05) is 49.1 Å². The molecule has 4 heterocycles. The van der Waals surface area contributed by atoms with Crippen LogP contribution in [-0.4, -0.2) is 83.1 Å². The standard InChI is InChI=1S/C34H40ClN7O2/c1-4-31(43)42-19-18-40(20-25(42)13-15-36)33-27-14-17-39(30-12-6-9-24-8-5-11-28(35)32(24)30)21-29(27)37-34(38-33)44-22-26-10-7-16-41(26)23(2)3/h4-6,8-9,11-12,23,25-26H,1,7,10,13-14,16-22H2,2-3H3/t25-,26-/m0/s1/i2D3,3D3,23D. The van der Waals surface area contributed by atoms with Crippen molar-refractivity contribution in [1.29, 1.82) is 5.26 Å². The fourth-order valence-corrected chi connectivity index (χ4v) is 6.95. The first-order chi connectivity index (χ1) is 24.2. The number of fused-ring (bicyclic) bond motifs is 2. The molecular weight excluding hydrogens is 574 g/mol. The first-order valence-corrected chi connectivity index (χ1v) is 15.3. The summed E-state index contributed by atoms with van der Waals surface area (Å²) >= 11 is 6.70. The van der Waals surface area contributed by atoms with E-state index < -0.39 is 25.8 Å². The van der Waals surface area contributed by atoms with Crippen molar-refractivity contribution in [1.82, 2.24) is 19.8 Å². The van der Waals surface area contributed by atoms with Crippen LogP contribution in [0.15, 0.2) is 49.1 Å². The van der Waals surface area contributed by atoms with E-state index in [2.05, 4.69) is 17.5 Å². The number of piperazine rings is 1. The molecule has 230 valence electrons. The number of halogens is 1. The summed E-state index contributed by atoms with van der Waals surface area (Å²) in [6.45, 7) is -0.350. The largest absolute Gasteiger partial charge is 0.462 e. The van der Waals surface area contributed by atoms with E-state index >= 15 is 0 Å². The van der Waals surface area contributed by atoms with Gasteiger partial charge in [0.2, 0.25) is 5.91 Å². The van der Waals surface area contributed by atoms with Crippen LogP contribution in [0.3, 0.4) is 0 Å². The van der Waals surface area contributed by atoms with Crippen molar-refractivity contribution in [2.45, 2.75) is 64.0 Å². The topological polar surface area (TPSA) is 88.8 Å². The third-order valence-electron chi connectivity index (χ3n) is 8.83. The summed E-state index contributed by atoms with van der Waals surface area (Å²) in [6, 6.07) is 10.2. The summed E-state index contributed by atoms with van der Waals surface area (Å²) in [4.78, 5) is 29.5. The molecule has 0 radical (unpaired) electrons. The molecule has 2 atom stereocenters. The minimum atomic E-state index is -3.10. The minimum absolute atomic E-state index is 0.0354. The average molecular weight is 621 g/mol. The van der Waals surface area contributed by atoms with Gasteiger partial charge in [-0.3, -0.25) is 9.69 Å². The number of aromatic nitrogens is 2. The quantitative estimate of drug-likeness (QED) is 0.317. The highest BCUT2D eigenvalue weighted by atomic mass is 35.5. The lowest BCUT2D eigenvalue weighted by Gasteiger charge is -2.42. The molecule has 9 nitrogen and oxygen atoms in total. The van der Waals surface area contributed by atoms with Crippen LogP contribution >= 0.6 is 11.6 Å². The molecule has 1 amide bonds. The number of nitrogens with zero attached hydrogens (tertiary/aromatic N) is 7. The molecule has 44 heavy (non-hydrogen) atoms. The molecule has 10 heteroatoms. The number of ether oxygens (including phenoxy) is 1. The Kier molecular flexibility index (Phi) is 6.69. The number of hydrogen-bond acceptors (Lipinski definition) is 8. The third kappa shape index (κ3) is 5.93. The number of carbonyl (C=O) groups is 1. The molecule has 2 fully saturated rings. The monoisotopic (exact) mass is 620 g/mol. The molecular formula is C34H40ClN7O2. The Labute approximate surface area is 274 Å². The number of likely N-dealkylation sites (tertiary alicyclic amines) is 1. The zero-order valence-corrected chi connectivity index (χ0v) is 25.3. The van der Waals surface area contributed by atoms with Gasteiger partial charge in [-0.15, -0.1) is 0 Å². The molecule has 2 saturated heterocycles. The fraction of sp³-hybridized carbons (Fsp3) is 0.471. The SMILES string of the molecule is [2H]C([2H])([2H])C([2H])(N1CCC[C@H]1COc1nc2c(c(N3CCN(C(=O)C=C)[C@@H](CC#N)C3)n1)CCN(c1cccc3cccc(Cl)c13)C2)C([2H])([2H])[2H]. The van der Waals surface area contributed by atoms with E-state index in [1.165, 1.54) is 11.0 Å². The van der Waals surface area contributed by atoms with E-state index in [4.69, 9.17) is 35.9 Å². The van der Waals surface area contributed by atoms with E-state index in [0.717, 1.165) is 27.7 Å². The number of anilines is 2. The summed E-state index contributed by atoms with van der Waals surface area (Å²) in [5, 5.41) is 12.2. The van der Waals surface area contributed by atoms with E-state index in [-0.39, 0.29) is 37.5 Å². The second kappa shape index (κ2) is 13.0. The van der Waals surface area contributed by atoms with Crippen LogP contribution in [0.25, 0.3) is 10.8 Å². The number of carbonyl (C=O) groups excluding carboxylic acids is 1. The Hall–Kier alpha value is -3.87. The maximum Gasteiger partial charge on any atom is 0.318 e. The number of amides is 1.